The molecule has 0 unspecified atom stereocenters. The molecule has 29 heavy (non-hydrogen) atoms. The lowest BCUT2D eigenvalue weighted by Crippen LogP contribution is -2.10. The number of anilines is 1. The van der Waals surface area contributed by atoms with E-state index in [2.05, 4.69) is 27.7 Å². The van der Waals surface area contributed by atoms with Gasteiger partial charge < -0.3 is 0 Å². The molecule has 0 aliphatic rings. The van der Waals surface area contributed by atoms with E-state index < -0.39 is 0 Å². The number of thioether (sulfide) groups is 1. The Kier molecular flexibility index (Phi) is 6.52. The number of halogens is 2. The molecule has 0 radical (unpaired) electrons. The average Bonchev–Trinajstić information content (AvgIpc) is 3.30. The summed E-state index contributed by atoms with van der Waals surface area (Å²) in [5.41, 5.74) is 1.15. The number of rotatable bonds is 6. The van der Waals surface area contributed by atoms with E-state index in [1.165, 1.54) is 22.7 Å². The summed E-state index contributed by atoms with van der Waals surface area (Å²) >= 11 is 16.6. The van der Waals surface area contributed by atoms with Gasteiger partial charge in [0.05, 0.1) is 5.02 Å². The Balaban J connectivity index is 1.38. The van der Waals surface area contributed by atoms with Crippen LogP contribution in [0.4, 0.5) is 5.13 Å². The van der Waals surface area contributed by atoms with E-state index in [0.29, 0.717) is 20.1 Å². The van der Waals surface area contributed by atoms with Crippen molar-refractivity contribution in [2.45, 2.75) is 4.34 Å². The second kappa shape index (κ2) is 9.28. The van der Waals surface area contributed by atoms with Crippen molar-refractivity contribution in [1.29, 1.82) is 0 Å². The van der Waals surface area contributed by atoms with E-state index in [0.717, 1.165) is 25.7 Å². The lowest BCUT2D eigenvalue weighted by molar-refractivity contribution is 0.103. The fourth-order valence-electron chi connectivity index (χ4n) is 2.53. The first kappa shape index (κ1) is 20.4. The number of hydrogen-bond acceptors (Lipinski definition) is 6. The maximum Gasteiger partial charge on any atom is 0.269 e. The van der Waals surface area contributed by atoms with Gasteiger partial charge in [0.25, 0.3) is 5.91 Å². The minimum absolute atomic E-state index is 0.302. The second-order valence-corrected chi connectivity index (χ2v) is 9.95. The first-order valence-corrected chi connectivity index (χ1v) is 11.8. The summed E-state index contributed by atoms with van der Waals surface area (Å²) in [5.74, 6) is 0.462. The normalized spacial score (nSPS) is 11.4. The first-order valence-electron chi connectivity index (χ1n) is 8.47. The first-order chi connectivity index (χ1) is 14.1. The van der Waals surface area contributed by atoms with Crippen molar-refractivity contribution in [1.82, 2.24) is 10.2 Å². The molecule has 1 N–H and O–H groups in total. The lowest BCUT2D eigenvalue weighted by atomic mass is 10.2. The van der Waals surface area contributed by atoms with Gasteiger partial charge in [-0.25, -0.2) is 0 Å². The monoisotopic (exact) mass is 477 g/mol. The Morgan fingerprint density at radius 2 is 1.93 bits per heavy atom. The van der Waals surface area contributed by atoms with Gasteiger partial charge in [0.1, 0.15) is 4.88 Å². The predicted octanol–water partition coefficient (Wildman–Crippen LogP) is 7.12. The molecule has 0 atom stereocenters. The zero-order chi connectivity index (χ0) is 20.2. The van der Waals surface area contributed by atoms with Crippen LogP contribution < -0.4 is 5.32 Å². The largest absolute Gasteiger partial charge is 0.296 e. The summed E-state index contributed by atoms with van der Waals surface area (Å²) in [4.78, 5) is 13.0. The number of amides is 1. The molecule has 9 heteroatoms. The number of hydrogen-bond donors (Lipinski definition) is 1. The van der Waals surface area contributed by atoms with Crippen LogP contribution in [-0.2, 0) is 0 Å². The number of carbonyl (C=O) groups excluding carboxylic acids is 1. The van der Waals surface area contributed by atoms with Crippen LogP contribution in [0.1, 0.15) is 15.2 Å². The fourth-order valence-corrected chi connectivity index (χ4v) is 5.80. The summed E-state index contributed by atoms with van der Waals surface area (Å²) in [6.07, 6.45) is 4.13. The van der Waals surface area contributed by atoms with Crippen LogP contribution >= 0.6 is 57.6 Å². The summed E-state index contributed by atoms with van der Waals surface area (Å²) < 4.78 is 1.65. The molecule has 4 rings (SSSR count). The predicted molar refractivity (Wildman–Crippen MR) is 126 cm³/mol. The van der Waals surface area contributed by atoms with E-state index in [1.807, 2.05) is 36.4 Å². The Morgan fingerprint density at radius 3 is 2.76 bits per heavy atom. The van der Waals surface area contributed by atoms with Gasteiger partial charge in [0.15, 0.2) is 4.34 Å². The van der Waals surface area contributed by atoms with Gasteiger partial charge >= 0.3 is 0 Å². The van der Waals surface area contributed by atoms with E-state index >= 15 is 0 Å². The van der Waals surface area contributed by atoms with Crippen LogP contribution in [0, 0.1) is 0 Å². The van der Waals surface area contributed by atoms with E-state index in [1.54, 1.807) is 23.9 Å². The lowest BCUT2D eigenvalue weighted by Gasteiger charge is -1.98. The molecule has 4 nitrogen and oxygen atoms in total. The molecular weight excluding hydrogens is 465 g/mol. The summed E-state index contributed by atoms with van der Waals surface area (Å²) in [6.45, 7) is 0. The van der Waals surface area contributed by atoms with Gasteiger partial charge in [0.2, 0.25) is 5.13 Å². The Morgan fingerprint density at radius 1 is 1.10 bits per heavy atom. The zero-order valence-electron chi connectivity index (χ0n) is 14.8. The fraction of sp³-hybridized carbons (Fsp3) is 0.0500. The molecule has 0 saturated heterocycles. The SMILES string of the molecule is O=C(Nc1nnc(SC/C=C/c2ccccc2)s1)c1sc2cc(Cl)ccc2c1Cl. The third kappa shape index (κ3) is 4.99. The van der Waals surface area contributed by atoms with Crippen LogP contribution in [0.2, 0.25) is 10.0 Å². The highest BCUT2D eigenvalue weighted by molar-refractivity contribution is 8.01. The minimum atomic E-state index is -0.302. The smallest absolute Gasteiger partial charge is 0.269 e. The zero-order valence-corrected chi connectivity index (χ0v) is 18.7. The molecule has 2 heterocycles. The van der Waals surface area contributed by atoms with Crippen molar-refractivity contribution >= 4 is 84.8 Å². The highest BCUT2D eigenvalue weighted by Crippen LogP contribution is 2.37. The molecule has 0 saturated carbocycles. The molecule has 0 fully saturated rings. The average molecular weight is 478 g/mol. The summed E-state index contributed by atoms with van der Waals surface area (Å²) in [7, 11) is 0. The number of thiophene rings is 1. The number of fused-ring (bicyclic) bond motifs is 1. The number of benzene rings is 2. The van der Waals surface area contributed by atoms with Crippen molar-refractivity contribution < 1.29 is 4.79 Å². The van der Waals surface area contributed by atoms with Crippen molar-refractivity contribution in [2.75, 3.05) is 11.1 Å². The molecule has 2 aromatic heterocycles. The third-order valence-corrected chi connectivity index (χ3v) is 7.65. The molecule has 0 aliphatic carbocycles. The number of nitrogens with zero attached hydrogens (tertiary/aromatic N) is 2. The van der Waals surface area contributed by atoms with Crippen LogP contribution in [0.3, 0.4) is 0 Å². The van der Waals surface area contributed by atoms with Crippen LogP contribution in [0.15, 0.2) is 58.9 Å². The van der Waals surface area contributed by atoms with Gasteiger partial charge in [-0.05, 0) is 17.7 Å². The Labute approximate surface area is 189 Å². The Hall–Kier alpha value is -1.90. The molecule has 0 spiro atoms. The maximum atomic E-state index is 12.6. The molecular formula is C20H13Cl2N3OS3. The van der Waals surface area contributed by atoms with Gasteiger partial charge in [-0.15, -0.1) is 21.5 Å². The van der Waals surface area contributed by atoms with Crippen LogP contribution in [0.5, 0.6) is 0 Å². The van der Waals surface area contributed by atoms with E-state index in [-0.39, 0.29) is 5.91 Å². The van der Waals surface area contributed by atoms with Gasteiger partial charge in [-0.2, -0.15) is 0 Å². The van der Waals surface area contributed by atoms with Crippen molar-refractivity contribution in [2.24, 2.45) is 0 Å². The maximum absolute atomic E-state index is 12.6. The molecule has 0 aliphatic heterocycles. The Bertz CT molecular complexity index is 1190. The van der Waals surface area contributed by atoms with E-state index in [4.69, 9.17) is 23.2 Å². The molecule has 1 amide bonds. The standard InChI is InChI=1S/C20H13Cl2N3OS3/c21-13-8-9-14-15(11-13)28-17(16(14)22)18(26)23-19-24-25-20(29-19)27-10-4-7-12-5-2-1-3-6-12/h1-9,11H,10H2,(H,23,24,26)/b7-4+. The van der Waals surface area contributed by atoms with Crippen molar-refractivity contribution in [3.8, 4) is 0 Å². The number of aromatic nitrogens is 2. The number of nitrogens with one attached hydrogen (secondary N) is 1. The molecule has 146 valence electrons. The minimum Gasteiger partial charge on any atom is -0.296 e. The quantitative estimate of drug-likeness (QED) is 0.237. The van der Waals surface area contributed by atoms with Crippen LogP contribution in [0.25, 0.3) is 16.2 Å². The highest BCUT2D eigenvalue weighted by Gasteiger charge is 2.19. The molecule has 0 bridgehead atoms. The van der Waals surface area contributed by atoms with Gasteiger partial charge in [0, 0.05) is 20.9 Å². The summed E-state index contributed by atoms with van der Waals surface area (Å²) in [5, 5.41) is 13.2. The number of carbonyl (C=O) groups is 1. The van der Waals surface area contributed by atoms with Gasteiger partial charge in [-0.1, -0.05) is 94.9 Å². The molecule has 2 aromatic carbocycles. The second-order valence-electron chi connectivity index (χ2n) is 5.84. The van der Waals surface area contributed by atoms with Gasteiger partial charge in [-0.3, -0.25) is 10.1 Å². The van der Waals surface area contributed by atoms with Crippen molar-refractivity contribution in [3.05, 3.63) is 75.1 Å². The topological polar surface area (TPSA) is 54.9 Å². The van der Waals surface area contributed by atoms with E-state index in [9.17, 15) is 4.79 Å². The highest BCUT2D eigenvalue weighted by atomic mass is 35.5. The molecule has 4 aromatic rings. The summed E-state index contributed by atoms with van der Waals surface area (Å²) in [6, 6.07) is 15.5. The third-order valence-electron chi connectivity index (χ3n) is 3.84. The van der Waals surface area contributed by atoms with Crippen LogP contribution in [-0.4, -0.2) is 21.9 Å². The van der Waals surface area contributed by atoms with Crippen molar-refractivity contribution in [3.63, 3.8) is 0 Å².